The summed E-state index contributed by atoms with van der Waals surface area (Å²) < 4.78 is 12.7. The molecule has 1 unspecified atom stereocenters. The minimum Gasteiger partial charge on any atom is -0.493 e. The monoisotopic (exact) mass is 458 g/mol. The number of hydrogen-bond donors (Lipinski definition) is 1. The van der Waals surface area contributed by atoms with Gasteiger partial charge in [0.1, 0.15) is 13.2 Å². The van der Waals surface area contributed by atoms with Gasteiger partial charge >= 0.3 is 0 Å². The second kappa shape index (κ2) is 10.2. The van der Waals surface area contributed by atoms with Crippen LogP contribution in [0.4, 0.5) is 0 Å². The fourth-order valence-corrected chi connectivity index (χ4v) is 3.69. The van der Waals surface area contributed by atoms with Crippen LogP contribution in [0.5, 0.6) is 11.5 Å². The Kier molecular flexibility index (Phi) is 6.87. The number of ether oxygens (including phenoxy) is 2. The quantitative estimate of drug-likeness (QED) is 0.434. The molecule has 2 aromatic carbocycles. The first-order valence-corrected chi connectivity index (χ1v) is 10.9. The Hall–Kier alpha value is -4.20. The molecule has 0 aliphatic rings. The van der Waals surface area contributed by atoms with Crippen molar-refractivity contribution >= 4 is 16.8 Å². The Morgan fingerprint density at radius 2 is 1.91 bits per heavy atom. The van der Waals surface area contributed by atoms with Gasteiger partial charge in [-0.3, -0.25) is 19.1 Å². The van der Waals surface area contributed by atoms with Gasteiger partial charge in [0, 0.05) is 12.4 Å². The Balaban J connectivity index is 1.43. The molecule has 1 atom stereocenters. The zero-order valence-corrected chi connectivity index (χ0v) is 19.3. The van der Waals surface area contributed by atoms with Crippen LogP contribution in [-0.2, 0) is 17.9 Å². The standard InChI is InChI=1S/C26H26N4O4/c1-17-5-4-6-21-25(17)28-16-30(26(21)32)14-24(31)29-18(2)20-7-8-22(23(13-20)33-3)34-15-19-9-11-27-12-10-19/h4-13,16,18H,14-15H2,1-3H3,(H,29,31). The first-order valence-electron chi connectivity index (χ1n) is 10.9. The third-order valence-electron chi connectivity index (χ3n) is 5.58. The van der Waals surface area contributed by atoms with Gasteiger partial charge in [-0.15, -0.1) is 0 Å². The van der Waals surface area contributed by atoms with E-state index in [9.17, 15) is 9.59 Å². The van der Waals surface area contributed by atoms with E-state index in [1.54, 1.807) is 25.6 Å². The van der Waals surface area contributed by atoms with Crippen molar-refractivity contribution in [3.05, 3.63) is 94.3 Å². The fourth-order valence-electron chi connectivity index (χ4n) is 3.69. The van der Waals surface area contributed by atoms with Crippen LogP contribution in [0.15, 0.2) is 72.0 Å². The maximum atomic E-state index is 12.8. The lowest BCUT2D eigenvalue weighted by Crippen LogP contribution is -2.34. The normalized spacial score (nSPS) is 11.7. The van der Waals surface area contributed by atoms with Crippen LogP contribution in [0.3, 0.4) is 0 Å². The van der Waals surface area contributed by atoms with Gasteiger partial charge in [-0.2, -0.15) is 0 Å². The van der Waals surface area contributed by atoms with Crippen molar-refractivity contribution in [2.24, 2.45) is 0 Å². The number of benzene rings is 2. The van der Waals surface area contributed by atoms with Gasteiger partial charge < -0.3 is 14.8 Å². The van der Waals surface area contributed by atoms with Crippen LogP contribution in [0.25, 0.3) is 10.9 Å². The highest BCUT2D eigenvalue weighted by atomic mass is 16.5. The molecule has 0 fully saturated rings. The zero-order valence-electron chi connectivity index (χ0n) is 19.3. The topological polar surface area (TPSA) is 95.3 Å². The van der Waals surface area contributed by atoms with E-state index in [0.717, 1.165) is 16.7 Å². The van der Waals surface area contributed by atoms with E-state index in [1.165, 1.54) is 10.9 Å². The van der Waals surface area contributed by atoms with Gasteiger partial charge in [-0.05, 0) is 60.9 Å². The number of hydrogen-bond acceptors (Lipinski definition) is 6. The van der Waals surface area contributed by atoms with Crippen LogP contribution in [0.2, 0.25) is 0 Å². The molecular weight excluding hydrogens is 432 g/mol. The molecule has 34 heavy (non-hydrogen) atoms. The number of nitrogens with zero attached hydrogens (tertiary/aromatic N) is 3. The zero-order chi connectivity index (χ0) is 24.1. The number of para-hydroxylation sites is 1. The highest BCUT2D eigenvalue weighted by molar-refractivity contribution is 5.81. The number of pyridine rings is 1. The number of aromatic nitrogens is 3. The van der Waals surface area contributed by atoms with Crippen molar-refractivity contribution in [2.75, 3.05) is 7.11 Å². The Labute approximate surface area is 197 Å². The first kappa shape index (κ1) is 23.0. The number of amides is 1. The largest absolute Gasteiger partial charge is 0.493 e. The molecule has 0 radical (unpaired) electrons. The molecule has 1 amide bonds. The fraction of sp³-hybridized carbons (Fsp3) is 0.231. The molecule has 0 bridgehead atoms. The molecule has 1 N–H and O–H groups in total. The van der Waals surface area contributed by atoms with E-state index in [4.69, 9.17) is 9.47 Å². The summed E-state index contributed by atoms with van der Waals surface area (Å²) in [6.45, 7) is 4.04. The third kappa shape index (κ3) is 5.06. The number of fused-ring (bicyclic) bond motifs is 1. The van der Waals surface area contributed by atoms with E-state index in [0.29, 0.717) is 29.0 Å². The van der Waals surface area contributed by atoms with Gasteiger partial charge in [-0.1, -0.05) is 18.2 Å². The summed E-state index contributed by atoms with van der Waals surface area (Å²) in [5, 5.41) is 3.43. The summed E-state index contributed by atoms with van der Waals surface area (Å²) in [4.78, 5) is 33.8. The predicted molar refractivity (Wildman–Crippen MR) is 129 cm³/mol. The molecule has 8 heteroatoms. The van der Waals surface area contributed by atoms with Crippen LogP contribution in [-0.4, -0.2) is 27.6 Å². The average molecular weight is 459 g/mol. The molecule has 0 saturated carbocycles. The molecule has 2 heterocycles. The lowest BCUT2D eigenvalue weighted by atomic mass is 10.1. The molecule has 0 spiro atoms. The SMILES string of the molecule is COc1cc(C(C)NC(=O)Cn2cnc3c(C)cccc3c2=O)ccc1OCc1ccncc1. The third-order valence-corrected chi connectivity index (χ3v) is 5.58. The number of carbonyl (C=O) groups is 1. The molecule has 0 aliphatic heterocycles. The Morgan fingerprint density at radius 3 is 2.68 bits per heavy atom. The second-order valence-corrected chi connectivity index (χ2v) is 7.99. The van der Waals surface area contributed by atoms with Crippen LogP contribution >= 0.6 is 0 Å². The molecule has 0 aliphatic carbocycles. The molecule has 174 valence electrons. The maximum Gasteiger partial charge on any atom is 0.261 e. The van der Waals surface area contributed by atoms with E-state index in [-0.39, 0.29) is 24.1 Å². The van der Waals surface area contributed by atoms with Crippen molar-refractivity contribution < 1.29 is 14.3 Å². The van der Waals surface area contributed by atoms with Crippen molar-refractivity contribution in [1.82, 2.24) is 19.9 Å². The lowest BCUT2D eigenvalue weighted by Gasteiger charge is -2.18. The van der Waals surface area contributed by atoms with E-state index >= 15 is 0 Å². The smallest absolute Gasteiger partial charge is 0.261 e. The highest BCUT2D eigenvalue weighted by Crippen LogP contribution is 2.31. The summed E-state index contributed by atoms with van der Waals surface area (Å²) in [7, 11) is 1.57. The minimum atomic E-state index is -0.304. The number of methoxy groups -OCH3 is 1. The van der Waals surface area contributed by atoms with Crippen molar-refractivity contribution in [3.8, 4) is 11.5 Å². The summed E-state index contributed by atoms with van der Waals surface area (Å²) in [6.07, 6.45) is 4.85. The van der Waals surface area contributed by atoms with E-state index in [2.05, 4.69) is 15.3 Å². The predicted octanol–water partition coefficient (Wildman–Crippen LogP) is 3.56. The van der Waals surface area contributed by atoms with Crippen LogP contribution < -0.4 is 20.3 Å². The van der Waals surface area contributed by atoms with E-state index in [1.807, 2.05) is 56.3 Å². The maximum absolute atomic E-state index is 12.8. The molecule has 4 aromatic rings. The molecule has 2 aromatic heterocycles. The van der Waals surface area contributed by atoms with Gasteiger partial charge in [0.25, 0.3) is 5.56 Å². The molecule has 8 nitrogen and oxygen atoms in total. The Morgan fingerprint density at radius 1 is 1.12 bits per heavy atom. The molecule has 0 saturated heterocycles. The summed E-state index contributed by atoms with van der Waals surface area (Å²) >= 11 is 0. The van der Waals surface area contributed by atoms with Crippen molar-refractivity contribution in [2.45, 2.75) is 33.0 Å². The van der Waals surface area contributed by atoms with E-state index < -0.39 is 0 Å². The number of carbonyl (C=O) groups excluding carboxylic acids is 1. The van der Waals surface area contributed by atoms with Gasteiger partial charge in [0.15, 0.2) is 11.5 Å². The summed E-state index contributed by atoms with van der Waals surface area (Å²) in [5.41, 5.74) is 3.17. The summed E-state index contributed by atoms with van der Waals surface area (Å²) in [5.74, 6) is 0.879. The van der Waals surface area contributed by atoms with Gasteiger partial charge in [0.2, 0.25) is 5.91 Å². The first-order chi connectivity index (χ1) is 16.5. The summed E-state index contributed by atoms with van der Waals surface area (Å²) in [6, 6.07) is 14.4. The van der Waals surface area contributed by atoms with Crippen molar-refractivity contribution in [3.63, 3.8) is 0 Å². The minimum absolute atomic E-state index is 0.121. The highest BCUT2D eigenvalue weighted by Gasteiger charge is 2.15. The number of aryl methyl sites for hydroxylation is 1. The molecule has 4 rings (SSSR count). The van der Waals surface area contributed by atoms with Crippen molar-refractivity contribution in [1.29, 1.82) is 0 Å². The average Bonchev–Trinajstić information content (AvgIpc) is 2.85. The van der Waals surface area contributed by atoms with Gasteiger partial charge in [-0.25, -0.2) is 4.98 Å². The number of rotatable bonds is 8. The van der Waals surface area contributed by atoms with Crippen LogP contribution in [0, 0.1) is 6.92 Å². The lowest BCUT2D eigenvalue weighted by molar-refractivity contribution is -0.122. The number of nitrogens with one attached hydrogen (secondary N) is 1. The van der Waals surface area contributed by atoms with Crippen LogP contribution in [0.1, 0.15) is 29.7 Å². The van der Waals surface area contributed by atoms with Gasteiger partial charge in [0.05, 0.1) is 30.4 Å². The molecular formula is C26H26N4O4. The Bertz CT molecular complexity index is 1370. The second-order valence-electron chi connectivity index (χ2n) is 7.99.